The molecule has 1 saturated heterocycles. The van der Waals surface area contributed by atoms with Gasteiger partial charge in [-0.3, -0.25) is 24.2 Å². The molecule has 0 aromatic rings. The van der Waals surface area contributed by atoms with E-state index in [1.165, 1.54) is 11.8 Å². The van der Waals surface area contributed by atoms with Crippen molar-refractivity contribution in [2.75, 3.05) is 13.1 Å². The molecular formula is C25H46N8O6. The van der Waals surface area contributed by atoms with Gasteiger partial charge in [0.25, 0.3) is 0 Å². The first-order chi connectivity index (χ1) is 18.1. The summed E-state index contributed by atoms with van der Waals surface area (Å²) in [4.78, 5) is 68.9. The molecule has 0 saturated carbocycles. The fraction of sp³-hybridized carbons (Fsp3) is 0.760. The molecule has 14 nitrogen and oxygen atoms in total. The number of likely N-dealkylation sites (tertiary alicyclic amines) is 1. The van der Waals surface area contributed by atoms with Crippen LogP contribution in [0.1, 0.15) is 66.7 Å². The van der Waals surface area contributed by atoms with Gasteiger partial charge in [-0.2, -0.15) is 0 Å². The third kappa shape index (κ3) is 11.1. The summed E-state index contributed by atoms with van der Waals surface area (Å²) in [6, 6.07) is -4.69. The zero-order valence-electron chi connectivity index (χ0n) is 23.6. The molecule has 4 amide bonds. The molecule has 14 heteroatoms. The number of aliphatic carboxylic acids is 1. The van der Waals surface area contributed by atoms with Gasteiger partial charge in [0.05, 0.1) is 6.04 Å². The number of amides is 4. The lowest BCUT2D eigenvalue weighted by atomic mass is 9.99. The average molecular weight is 555 g/mol. The third-order valence-electron chi connectivity index (χ3n) is 6.38. The van der Waals surface area contributed by atoms with Gasteiger partial charge in [-0.25, -0.2) is 4.79 Å². The van der Waals surface area contributed by atoms with Crippen LogP contribution in [0.4, 0.5) is 0 Å². The number of hydrogen-bond donors (Lipinski definition) is 7. The summed E-state index contributed by atoms with van der Waals surface area (Å²) in [6.07, 6.45) is 1.66. The van der Waals surface area contributed by atoms with Gasteiger partial charge in [0.1, 0.15) is 24.2 Å². The summed E-state index contributed by atoms with van der Waals surface area (Å²) < 4.78 is 0. The van der Waals surface area contributed by atoms with Gasteiger partial charge in [0, 0.05) is 13.1 Å². The predicted octanol–water partition coefficient (Wildman–Crippen LogP) is -1.38. The van der Waals surface area contributed by atoms with Crippen molar-refractivity contribution in [1.82, 2.24) is 20.9 Å². The molecule has 10 N–H and O–H groups in total. The Kier molecular flexibility index (Phi) is 13.7. The highest BCUT2D eigenvalue weighted by molar-refractivity contribution is 5.95. The van der Waals surface area contributed by atoms with Crippen LogP contribution in [0.3, 0.4) is 0 Å². The number of rotatable bonds is 15. The molecule has 222 valence electrons. The van der Waals surface area contributed by atoms with Crippen molar-refractivity contribution in [2.45, 2.75) is 96.9 Å². The molecule has 1 aliphatic rings. The molecule has 1 fully saturated rings. The maximum Gasteiger partial charge on any atom is 0.326 e. The normalized spacial score (nSPS) is 18.2. The molecule has 1 rings (SSSR count). The van der Waals surface area contributed by atoms with Gasteiger partial charge in [0.15, 0.2) is 5.96 Å². The van der Waals surface area contributed by atoms with Crippen LogP contribution in [-0.4, -0.2) is 88.9 Å². The molecule has 39 heavy (non-hydrogen) atoms. The van der Waals surface area contributed by atoms with Crippen LogP contribution in [0.25, 0.3) is 0 Å². The first kappa shape index (κ1) is 33.6. The lowest BCUT2D eigenvalue weighted by molar-refractivity contribution is -0.145. The second kappa shape index (κ2) is 15.9. The quantitative estimate of drug-likeness (QED) is 0.0716. The van der Waals surface area contributed by atoms with Gasteiger partial charge < -0.3 is 43.2 Å². The minimum absolute atomic E-state index is 0.0342. The van der Waals surface area contributed by atoms with Crippen molar-refractivity contribution in [1.29, 1.82) is 0 Å². The van der Waals surface area contributed by atoms with E-state index in [4.69, 9.17) is 17.2 Å². The highest BCUT2D eigenvalue weighted by Crippen LogP contribution is 2.21. The molecule has 5 atom stereocenters. The maximum atomic E-state index is 13.6. The number of carboxylic acid groups (broad SMARTS) is 1. The van der Waals surface area contributed by atoms with Crippen molar-refractivity contribution in [3.05, 3.63) is 0 Å². The largest absolute Gasteiger partial charge is 0.480 e. The van der Waals surface area contributed by atoms with E-state index in [0.29, 0.717) is 32.2 Å². The van der Waals surface area contributed by atoms with E-state index in [0.717, 1.165) is 0 Å². The van der Waals surface area contributed by atoms with Crippen LogP contribution < -0.4 is 33.2 Å². The summed E-state index contributed by atoms with van der Waals surface area (Å²) >= 11 is 0. The van der Waals surface area contributed by atoms with Crippen molar-refractivity contribution >= 4 is 35.6 Å². The minimum Gasteiger partial charge on any atom is -0.480 e. The van der Waals surface area contributed by atoms with E-state index in [1.807, 2.05) is 13.8 Å². The molecule has 0 spiro atoms. The fourth-order valence-electron chi connectivity index (χ4n) is 4.31. The molecule has 0 aromatic heterocycles. The molecule has 1 aliphatic heterocycles. The number of nitrogens with zero attached hydrogens (tertiary/aromatic N) is 2. The number of aliphatic imine (C=N–C) groups is 1. The molecule has 0 unspecified atom stereocenters. The highest BCUT2D eigenvalue weighted by Gasteiger charge is 2.39. The number of hydrogen-bond acceptors (Lipinski definition) is 7. The molecule has 0 aliphatic carbocycles. The third-order valence-corrected chi connectivity index (χ3v) is 6.38. The van der Waals surface area contributed by atoms with E-state index in [-0.39, 0.29) is 30.8 Å². The lowest BCUT2D eigenvalue weighted by Gasteiger charge is -2.31. The average Bonchev–Trinajstić information content (AvgIpc) is 3.32. The summed E-state index contributed by atoms with van der Waals surface area (Å²) in [7, 11) is 0. The Morgan fingerprint density at radius 1 is 0.974 bits per heavy atom. The smallest absolute Gasteiger partial charge is 0.326 e. The summed E-state index contributed by atoms with van der Waals surface area (Å²) in [5, 5.41) is 17.5. The fourth-order valence-corrected chi connectivity index (χ4v) is 4.31. The van der Waals surface area contributed by atoms with Gasteiger partial charge in [-0.15, -0.1) is 0 Å². The molecule has 0 aromatic carbocycles. The number of guanidine groups is 1. The highest BCUT2D eigenvalue weighted by atomic mass is 16.4. The summed E-state index contributed by atoms with van der Waals surface area (Å²) in [6.45, 7) is 9.35. The van der Waals surface area contributed by atoms with Gasteiger partial charge in [-0.05, 0) is 50.9 Å². The van der Waals surface area contributed by atoms with Gasteiger partial charge in [-0.1, -0.05) is 27.7 Å². The number of carbonyl (C=O) groups excluding carboxylic acids is 4. The van der Waals surface area contributed by atoms with Gasteiger partial charge >= 0.3 is 5.97 Å². The molecule has 1 heterocycles. The maximum absolute atomic E-state index is 13.6. The predicted molar refractivity (Wildman–Crippen MR) is 146 cm³/mol. The summed E-state index contributed by atoms with van der Waals surface area (Å²) in [5.41, 5.74) is 16.2. The van der Waals surface area contributed by atoms with Crippen LogP contribution in [0.15, 0.2) is 4.99 Å². The van der Waals surface area contributed by atoms with Gasteiger partial charge in [0.2, 0.25) is 23.6 Å². The van der Waals surface area contributed by atoms with Crippen molar-refractivity contribution < 1.29 is 29.1 Å². The standard InChI is InChI=1S/C25H46N8O6/c1-13(2)12-17(31-22(36)19(14(3)4)32-20(34)15(5)26)23(37)33-11-7-9-18(33)21(35)30-16(24(38)39)8-6-10-29-25(27)28/h13-19H,6-12,26H2,1-5H3,(H,30,35)(H,31,36)(H,32,34)(H,38,39)(H4,27,28,29)/t15-,16-,17-,18-,19-/m0/s1. The molecular weight excluding hydrogens is 508 g/mol. The van der Waals surface area contributed by atoms with Crippen LogP contribution in [-0.2, 0) is 24.0 Å². The summed E-state index contributed by atoms with van der Waals surface area (Å²) in [5.74, 6) is -3.57. The minimum atomic E-state index is -1.21. The van der Waals surface area contributed by atoms with E-state index >= 15 is 0 Å². The monoisotopic (exact) mass is 554 g/mol. The lowest BCUT2D eigenvalue weighted by Crippen LogP contribution is -2.59. The van der Waals surface area contributed by atoms with E-state index in [2.05, 4.69) is 20.9 Å². The topological polar surface area (TPSA) is 235 Å². The molecule has 0 radical (unpaired) electrons. The second-order valence-electron chi connectivity index (χ2n) is 10.7. The number of carboxylic acids is 1. The zero-order chi connectivity index (χ0) is 29.9. The molecule has 0 bridgehead atoms. The zero-order valence-corrected chi connectivity index (χ0v) is 23.6. The Morgan fingerprint density at radius 2 is 1.62 bits per heavy atom. The Hall–Kier alpha value is -3.42. The first-order valence-electron chi connectivity index (χ1n) is 13.4. The van der Waals surface area contributed by atoms with Crippen molar-refractivity contribution in [3.8, 4) is 0 Å². The van der Waals surface area contributed by atoms with Crippen LogP contribution in [0.5, 0.6) is 0 Å². The number of nitrogens with one attached hydrogen (secondary N) is 3. The van der Waals surface area contributed by atoms with Crippen molar-refractivity contribution in [3.63, 3.8) is 0 Å². The Morgan fingerprint density at radius 3 is 2.13 bits per heavy atom. The van der Waals surface area contributed by atoms with E-state index < -0.39 is 59.8 Å². The van der Waals surface area contributed by atoms with Crippen LogP contribution >= 0.6 is 0 Å². The van der Waals surface area contributed by atoms with E-state index in [9.17, 15) is 29.1 Å². The van der Waals surface area contributed by atoms with E-state index in [1.54, 1.807) is 13.8 Å². The number of carbonyl (C=O) groups is 5. The Balaban J connectivity index is 3.01. The van der Waals surface area contributed by atoms with Crippen LogP contribution in [0, 0.1) is 11.8 Å². The SMILES string of the molecule is CC(C)C[C@H](NC(=O)[C@@H](NC(=O)[C@H](C)N)C(C)C)C(=O)N1CCC[C@H]1C(=O)N[C@@H](CCCN=C(N)N)C(=O)O. The first-order valence-corrected chi connectivity index (χ1v) is 13.4. The second-order valence-corrected chi connectivity index (χ2v) is 10.7. The Labute approximate surface area is 229 Å². The van der Waals surface area contributed by atoms with Crippen molar-refractivity contribution in [2.24, 2.45) is 34.0 Å². The number of nitrogens with two attached hydrogens (primary N) is 3. The van der Waals surface area contributed by atoms with Crippen LogP contribution in [0.2, 0.25) is 0 Å². The Bertz CT molecular complexity index is 903.